The van der Waals surface area contributed by atoms with Crippen molar-refractivity contribution in [3.05, 3.63) is 29.3 Å². The van der Waals surface area contributed by atoms with Crippen LogP contribution in [0.3, 0.4) is 0 Å². The molecule has 0 bridgehead atoms. The molecule has 0 heterocycles. The molecule has 2 rings (SSSR count). The molecule has 1 aromatic carbocycles. The van der Waals surface area contributed by atoms with Crippen LogP contribution in [0.1, 0.15) is 30.4 Å². The second kappa shape index (κ2) is 5.35. The van der Waals surface area contributed by atoms with E-state index in [2.05, 4.69) is 18.2 Å². The molecule has 88 valence electrons. The quantitative estimate of drug-likeness (QED) is 0.844. The summed E-state index contributed by atoms with van der Waals surface area (Å²) in [4.78, 5) is 0. The number of rotatable bonds is 4. The highest BCUT2D eigenvalue weighted by atomic mass is 16.5. The van der Waals surface area contributed by atoms with Crippen LogP contribution in [-0.4, -0.2) is 13.7 Å². The zero-order valence-electron chi connectivity index (χ0n) is 10.0. The molecule has 0 radical (unpaired) electrons. The lowest BCUT2D eigenvalue weighted by Gasteiger charge is -2.25. The third-order valence-electron chi connectivity index (χ3n) is 3.58. The Labute approximate surface area is 97.8 Å². The summed E-state index contributed by atoms with van der Waals surface area (Å²) in [6.07, 6.45) is 6.07. The van der Waals surface area contributed by atoms with Gasteiger partial charge in [0, 0.05) is 0 Å². The van der Waals surface area contributed by atoms with Crippen molar-refractivity contribution in [3.63, 3.8) is 0 Å². The van der Waals surface area contributed by atoms with Gasteiger partial charge < -0.3 is 10.5 Å². The van der Waals surface area contributed by atoms with E-state index in [1.807, 2.05) is 0 Å². The van der Waals surface area contributed by atoms with Gasteiger partial charge in [0.15, 0.2) is 0 Å². The minimum absolute atomic E-state index is 0.798. The molecule has 0 saturated carbocycles. The number of ether oxygens (including phenoxy) is 1. The van der Waals surface area contributed by atoms with Crippen LogP contribution in [-0.2, 0) is 12.8 Å². The zero-order chi connectivity index (χ0) is 11.4. The summed E-state index contributed by atoms with van der Waals surface area (Å²) in [7, 11) is 1.76. The third-order valence-corrected chi connectivity index (χ3v) is 3.58. The Morgan fingerprint density at radius 2 is 2.31 bits per heavy atom. The van der Waals surface area contributed by atoms with E-state index >= 15 is 0 Å². The summed E-state index contributed by atoms with van der Waals surface area (Å²) in [6, 6.07) is 6.40. The first-order valence-corrected chi connectivity index (χ1v) is 6.20. The molecular formula is C14H21NO. The molecule has 1 aliphatic carbocycles. The average Bonchev–Trinajstić information content (AvgIpc) is 2.35. The van der Waals surface area contributed by atoms with Gasteiger partial charge in [0.25, 0.3) is 0 Å². The van der Waals surface area contributed by atoms with Crippen LogP contribution in [0.2, 0.25) is 0 Å². The highest BCUT2D eigenvalue weighted by Gasteiger charge is 2.20. The van der Waals surface area contributed by atoms with Crippen molar-refractivity contribution in [2.24, 2.45) is 11.7 Å². The predicted molar refractivity (Wildman–Crippen MR) is 66.8 cm³/mol. The summed E-state index contributed by atoms with van der Waals surface area (Å²) < 4.78 is 5.44. The Balaban J connectivity index is 2.11. The molecule has 1 atom stereocenters. The topological polar surface area (TPSA) is 35.2 Å². The van der Waals surface area contributed by atoms with E-state index in [1.165, 1.54) is 36.8 Å². The summed E-state index contributed by atoms with van der Waals surface area (Å²) in [6.45, 7) is 0.815. The lowest BCUT2D eigenvalue weighted by Crippen LogP contribution is -2.16. The Hall–Kier alpha value is -1.02. The molecule has 0 saturated heterocycles. The van der Waals surface area contributed by atoms with Gasteiger partial charge in [0.2, 0.25) is 0 Å². The Kier molecular flexibility index (Phi) is 3.83. The molecule has 0 aliphatic heterocycles. The number of benzene rings is 1. The highest BCUT2D eigenvalue weighted by Crippen LogP contribution is 2.33. The van der Waals surface area contributed by atoms with E-state index in [4.69, 9.17) is 10.5 Å². The van der Waals surface area contributed by atoms with Gasteiger partial charge >= 0.3 is 0 Å². The van der Waals surface area contributed by atoms with Crippen molar-refractivity contribution < 1.29 is 4.74 Å². The molecule has 1 aromatic rings. The molecule has 2 nitrogen and oxygen atoms in total. The molecule has 16 heavy (non-hydrogen) atoms. The summed E-state index contributed by atoms with van der Waals surface area (Å²) in [5, 5.41) is 0. The first-order chi connectivity index (χ1) is 7.85. The zero-order valence-corrected chi connectivity index (χ0v) is 10.0. The number of methoxy groups -OCH3 is 1. The van der Waals surface area contributed by atoms with Gasteiger partial charge in [0.1, 0.15) is 5.75 Å². The molecule has 2 N–H and O–H groups in total. The van der Waals surface area contributed by atoms with Crippen LogP contribution in [0.5, 0.6) is 5.75 Å². The maximum atomic E-state index is 5.57. The average molecular weight is 219 g/mol. The second-order valence-electron chi connectivity index (χ2n) is 4.64. The molecular weight excluding hydrogens is 198 g/mol. The smallest absolute Gasteiger partial charge is 0.122 e. The Bertz CT molecular complexity index is 334. The van der Waals surface area contributed by atoms with Crippen LogP contribution in [0.15, 0.2) is 18.2 Å². The summed E-state index contributed by atoms with van der Waals surface area (Å²) >= 11 is 0. The van der Waals surface area contributed by atoms with Crippen LogP contribution < -0.4 is 10.5 Å². The number of aryl methyl sites for hydroxylation is 1. The lowest BCUT2D eigenvalue weighted by molar-refractivity contribution is 0.379. The van der Waals surface area contributed by atoms with Gasteiger partial charge in [0.05, 0.1) is 7.11 Å². The van der Waals surface area contributed by atoms with Crippen molar-refractivity contribution in [2.75, 3.05) is 13.7 Å². The van der Waals surface area contributed by atoms with E-state index in [1.54, 1.807) is 7.11 Å². The number of hydrogen-bond donors (Lipinski definition) is 1. The van der Waals surface area contributed by atoms with Gasteiger partial charge in [-0.1, -0.05) is 12.1 Å². The van der Waals surface area contributed by atoms with Gasteiger partial charge in [-0.05, 0) is 61.8 Å². The largest absolute Gasteiger partial charge is 0.496 e. The maximum Gasteiger partial charge on any atom is 0.122 e. The van der Waals surface area contributed by atoms with Crippen LogP contribution in [0.4, 0.5) is 0 Å². The molecule has 1 aliphatic rings. The molecule has 0 amide bonds. The molecule has 0 spiro atoms. The highest BCUT2D eigenvalue weighted by molar-refractivity contribution is 5.42. The van der Waals surface area contributed by atoms with Gasteiger partial charge in [-0.3, -0.25) is 0 Å². The standard InChI is InChI=1S/C14H21NO/c1-16-14-6-2-5-12-8-7-11(4-3-9-15)10-13(12)14/h2,5-6,11H,3-4,7-10,15H2,1H3. The monoisotopic (exact) mass is 219 g/mol. The van der Waals surface area contributed by atoms with E-state index in [0.29, 0.717) is 0 Å². The molecule has 2 heteroatoms. The van der Waals surface area contributed by atoms with E-state index in [-0.39, 0.29) is 0 Å². The van der Waals surface area contributed by atoms with Crippen molar-refractivity contribution in [1.29, 1.82) is 0 Å². The minimum atomic E-state index is 0.798. The van der Waals surface area contributed by atoms with Crippen LogP contribution in [0.25, 0.3) is 0 Å². The van der Waals surface area contributed by atoms with Gasteiger partial charge in [-0.25, -0.2) is 0 Å². The molecule has 0 fully saturated rings. The SMILES string of the molecule is COc1cccc2c1CC(CCCN)CC2. The van der Waals surface area contributed by atoms with Gasteiger partial charge in [-0.15, -0.1) is 0 Å². The molecule has 0 aromatic heterocycles. The number of hydrogen-bond acceptors (Lipinski definition) is 2. The van der Waals surface area contributed by atoms with E-state index in [9.17, 15) is 0 Å². The van der Waals surface area contributed by atoms with E-state index < -0.39 is 0 Å². The minimum Gasteiger partial charge on any atom is -0.496 e. The fourth-order valence-electron chi connectivity index (χ4n) is 2.67. The Morgan fingerprint density at radius 3 is 3.06 bits per heavy atom. The van der Waals surface area contributed by atoms with Crippen molar-refractivity contribution in [1.82, 2.24) is 0 Å². The van der Waals surface area contributed by atoms with Crippen LogP contribution >= 0.6 is 0 Å². The summed E-state index contributed by atoms with van der Waals surface area (Å²) in [5.74, 6) is 1.86. The molecule has 1 unspecified atom stereocenters. The van der Waals surface area contributed by atoms with Gasteiger partial charge in [-0.2, -0.15) is 0 Å². The second-order valence-corrected chi connectivity index (χ2v) is 4.64. The maximum absolute atomic E-state index is 5.57. The Morgan fingerprint density at radius 1 is 1.44 bits per heavy atom. The van der Waals surface area contributed by atoms with Crippen molar-refractivity contribution in [2.45, 2.75) is 32.1 Å². The number of nitrogens with two attached hydrogens (primary N) is 1. The number of fused-ring (bicyclic) bond motifs is 1. The fourth-order valence-corrected chi connectivity index (χ4v) is 2.67. The van der Waals surface area contributed by atoms with Crippen molar-refractivity contribution in [3.8, 4) is 5.75 Å². The third kappa shape index (κ3) is 2.38. The first-order valence-electron chi connectivity index (χ1n) is 6.20. The normalized spacial score (nSPS) is 19.2. The van der Waals surface area contributed by atoms with E-state index in [0.717, 1.165) is 24.6 Å². The summed E-state index contributed by atoms with van der Waals surface area (Å²) in [5.41, 5.74) is 8.48. The fraction of sp³-hybridized carbons (Fsp3) is 0.571. The van der Waals surface area contributed by atoms with Crippen molar-refractivity contribution >= 4 is 0 Å². The lowest BCUT2D eigenvalue weighted by atomic mass is 9.81. The van der Waals surface area contributed by atoms with Crippen LogP contribution in [0, 0.1) is 5.92 Å². The first kappa shape index (κ1) is 11.5. The predicted octanol–water partition coefficient (Wildman–Crippen LogP) is 2.54.